The summed E-state index contributed by atoms with van der Waals surface area (Å²) in [6.07, 6.45) is 1.81. The number of allylic oxidation sites excluding steroid dienone is 1. The van der Waals surface area contributed by atoms with Gasteiger partial charge in [-0.3, -0.25) is 0 Å². The standard InChI is InChI=1S/C22H20N2O2S/c1-14-5-7-18(15(2)9-14)19-13-27-22(24-19)17(12-23)10-16-6-8-20(25-3)21(11-16)26-4/h5-11,13H,1-4H3/b17-10+. The summed E-state index contributed by atoms with van der Waals surface area (Å²) in [6.45, 7) is 4.15. The summed E-state index contributed by atoms with van der Waals surface area (Å²) in [5, 5.41) is 12.3. The first-order valence-electron chi connectivity index (χ1n) is 8.43. The Labute approximate surface area is 163 Å². The molecule has 0 atom stereocenters. The van der Waals surface area contributed by atoms with Crippen molar-refractivity contribution in [2.75, 3.05) is 14.2 Å². The lowest BCUT2D eigenvalue weighted by Gasteiger charge is -2.07. The molecule has 4 nitrogen and oxygen atoms in total. The molecule has 3 aromatic rings. The Morgan fingerprint density at radius 3 is 2.52 bits per heavy atom. The van der Waals surface area contributed by atoms with Crippen LogP contribution in [0, 0.1) is 25.2 Å². The molecule has 27 heavy (non-hydrogen) atoms. The molecule has 1 heterocycles. The number of benzene rings is 2. The average molecular weight is 376 g/mol. The highest BCUT2D eigenvalue weighted by molar-refractivity contribution is 7.11. The molecule has 0 fully saturated rings. The minimum atomic E-state index is 0.517. The molecule has 0 bridgehead atoms. The highest BCUT2D eigenvalue weighted by atomic mass is 32.1. The number of hydrogen-bond acceptors (Lipinski definition) is 5. The second-order valence-electron chi connectivity index (χ2n) is 6.14. The molecule has 0 radical (unpaired) electrons. The number of rotatable bonds is 5. The summed E-state index contributed by atoms with van der Waals surface area (Å²) in [6, 6.07) is 14.1. The monoisotopic (exact) mass is 376 g/mol. The molecule has 5 heteroatoms. The van der Waals surface area contributed by atoms with E-state index in [0.29, 0.717) is 22.1 Å². The van der Waals surface area contributed by atoms with Crippen molar-refractivity contribution >= 4 is 23.0 Å². The molecule has 0 aliphatic carbocycles. The number of aryl methyl sites for hydroxylation is 2. The smallest absolute Gasteiger partial charge is 0.161 e. The first kappa shape index (κ1) is 18.7. The Kier molecular flexibility index (Phi) is 5.58. The van der Waals surface area contributed by atoms with Gasteiger partial charge in [-0.05, 0) is 43.2 Å². The van der Waals surface area contributed by atoms with Crippen LogP contribution >= 0.6 is 11.3 Å². The maximum Gasteiger partial charge on any atom is 0.161 e. The van der Waals surface area contributed by atoms with Crippen molar-refractivity contribution in [2.45, 2.75) is 13.8 Å². The van der Waals surface area contributed by atoms with Crippen LogP contribution in [-0.4, -0.2) is 19.2 Å². The van der Waals surface area contributed by atoms with E-state index in [0.717, 1.165) is 16.8 Å². The van der Waals surface area contributed by atoms with Gasteiger partial charge < -0.3 is 9.47 Å². The number of nitriles is 1. The lowest BCUT2D eigenvalue weighted by atomic mass is 10.0. The van der Waals surface area contributed by atoms with Crippen LogP contribution in [0.3, 0.4) is 0 Å². The second-order valence-corrected chi connectivity index (χ2v) is 7.00. The summed E-state index contributed by atoms with van der Waals surface area (Å²) < 4.78 is 10.6. The van der Waals surface area contributed by atoms with Crippen LogP contribution in [0.5, 0.6) is 11.5 Å². The predicted molar refractivity (Wildman–Crippen MR) is 110 cm³/mol. The minimum absolute atomic E-state index is 0.517. The fraction of sp³-hybridized carbons (Fsp3) is 0.182. The van der Waals surface area contributed by atoms with Crippen molar-refractivity contribution in [3.8, 4) is 28.8 Å². The Morgan fingerprint density at radius 2 is 1.85 bits per heavy atom. The number of hydrogen-bond donors (Lipinski definition) is 0. The number of thiazole rings is 1. The maximum absolute atomic E-state index is 9.63. The summed E-state index contributed by atoms with van der Waals surface area (Å²) in [4.78, 5) is 4.69. The van der Waals surface area contributed by atoms with Gasteiger partial charge in [-0.25, -0.2) is 4.98 Å². The quantitative estimate of drug-likeness (QED) is 0.551. The van der Waals surface area contributed by atoms with E-state index in [4.69, 9.17) is 9.47 Å². The van der Waals surface area contributed by atoms with Gasteiger partial charge in [0.2, 0.25) is 0 Å². The molecule has 0 spiro atoms. The molecule has 0 saturated heterocycles. The summed E-state index contributed by atoms with van der Waals surface area (Å²) in [5.74, 6) is 1.28. The highest BCUT2D eigenvalue weighted by Crippen LogP contribution is 2.32. The molecule has 136 valence electrons. The van der Waals surface area contributed by atoms with E-state index in [1.54, 1.807) is 14.2 Å². The first-order chi connectivity index (χ1) is 13.0. The summed E-state index contributed by atoms with van der Waals surface area (Å²) >= 11 is 1.47. The fourth-order valence-corrected chi connectivity index (χ4v) is 3.66. The third-order valence-electron chi connectivity index (χ3n) is 4.23. The predicted octanol–water partition coefficient (Wildman–Crippen LogP) is 5.51. The third kappa shape index (κ3) is 4.02. The van der Waals surface area contributed by atoms with Crippen LogP contribution in [0.1, 0.15) is 21.7 Å². The SMILES string of the molecule is COc1ccc(/C=C(\C#N)c2nc(-c3ccc(C)cc3C)cs2)cc1OC. The molecule has 3 rings (SSSR count). The van der Waals surface area contributed by atoms with Crippen LogP contribution in [0.2, 0.25) is 0 Å². The van der Waals surface area contributed by atoms with Crippen LogP contribution in [0.15, 0.2) is 41.8 Å². The van der Waals surface area contributed by atoms with Crippen molar-refractivity contribution in [1.29, 1.82) is 5.26 Å². The highest BCUT2D eigenvalue weighted by Gasteiger charge is 2.11. The molecule has 2 aromatic carbocycles. The molecule has 0 N–H and O–H groups in total. The van der Waals surface area contributed by atoms with Gasteiger partial charge in [0.1, 0.15) is 11.1 Å². The molecule has 1 aromatic heterocycles. The number of nitrogens with zero attached hydrogens (tertiary/aromatic N) is 2. The topological polar surface area (TPSA) is 55.1 Å². The van der Waals surface area contributed by atoms with Gasteiger partial charge in [0, 0.05) is 10.9 Å². The van der Waals surface area contributed by atoms with E-state index in [1.807, 2.05) is 29.7 Å². The number of methoxy groups -OCH3 is 2. The molecule has 0 aliphatic rings. The van der Waals surface area contributed by atoms with E-state index in [-0.39, 0.29) is 0 Å². The Balaban J connectivity index is 1.96. The average Bonchev–Trinajstić information content (AvgIpc) is 3.15. The van der Waals surface area contributed by atoms with Crippen LogP contribution in [-0.2, 0) is 0 Å². The normalized spacial score (nSPS) is 11.1. The van der Waals surface area contributed by atoms with Gasteiger partial charge in [-0.2, -0.15) is 5.26 Å². The van der Waals surface area contributed by atoms with E-state index in [9.17, 15) is 5.26 Å². The van der Waals surface area contributed by atoms with Crippen molar-refractivity contribution in [3.05, 3.63) is 63.5 Å². The zero-order valence-corrected chi connectivity index (χ0v) is 16.6. The van der Waals surface area contributed by atoms with Crippen LogP contribution in [0.4, 0.5) is 0 Å². The van der Waals surface area contributed by atoms with Crippen molar-refractivity contribution in [3.63, 3.8) is 0 Å². The van der Waals surface area contributed by atoms with Gasteiger partial charge in [0.15, 0.2) is 11.5 Å². The van der Waals surface area contributed by atoms with Crippen molar-refractivity contribution in [2.24, 2.45) is 0 Å². The Bertz CT molecular complexity index is 1040. The summed E-state index contributed by atoms with van der Waals surface area (Å²) in [5.41, 5.74) is 5.75. The Hall–Kier alpha value is -3.10. The molecular weight excluding hydrogens is 356 g/mol. The second kappa shape index (κ2) is 8.07. The molecule has 0 unspecified atom stereocenters. The largest absolute Gasteiger partial charge is 0.493 e. The van der Waals surface area contributed by atoms with Gasteiger partial charge in [-0.15, -0.1) is 11.3 Å². The first-order valence-corrected chi connectivity index (χ1v) is 9.31. The number of ether oxygens (including phenoxy) is 2. The Morgan fingerprint density at radius 1 is 1.07 bits per heavy atom. The van der Waals surface area contributed by atoms with Gasteiger partial charge in [0.05, 0.1) is 25.5 Å². The van der Waals surface area contributed by atoms with Gasteiger partial charge >= 0.3 is 0 Å². The summed E-state index contributed by atoms with van der Waals surface area (Å²) in [7, 11) is 3.19. The molecule has 0 saturated carbocycles. The van der Waals surface area contributed by atoms with Crippen molar-refractivity contribution in [1.82, 2.24) is 4.98 Å². The van der Waals surface area contributed by atoms with Gasteiger partial charge in [0.25, 0.3) is 0 Å². The molecular formula is C22H20N2O2S. The lowest BCUT2D eigenvalue weighted by molar-refractivity contribution is 0.355. The third-order valence-corrected chi connectivity index (χ3v) is 5.11. The minimum Gasteiger partial charge on any atom is -0.493 e. The lowest BCUT2D eigenvalue weighted by Crippen LogP contribution is -1.91. The van der Waals surface area contributed by atoms with E-state index in [2.05, 4.69) is 43.1 Å². The van der Waals surface area contributed by atoms with Gasteiger partial charge in [-0.1, -0.05) is 29.8 Å². The molecule has 0 amide bonds. The number of aromatic nitrogens is 1. The van der Waals surface area contributed by atoms with Crippen molar-refractivity contribution < 1.29 is 9.47 Å². The maximum atomic E-state index is 9.63. The zero-order chi connectivity index (χ0) is 19.4. The van der Waals surface area contributed by atoms with Crippen LogP contribution in [0.25, 0.3) is 22.9 Å². The van der Waals surface area contributed by atoms with Crippen LogP contribution < -0.4 is 9.47 Å². The molecule has 0 aliphatic heterocycles. The van der Waals surface area contributed by atoms with E-state index in [1.165, 1.54) is 22.5 Å². The zero-order valence-electron chi connectivity index (χ0n) is 15.7. The van der Waals surface area contributed by atoms with E-state index < -0.39 is 0 Å². The fourth-order valence-electron chi connectivity index (χ4n) is 2.87. The van der Waals surface area contributed by atoms with E-state index >= 15 is 0 Å².